The van der Waals surface area contributed by atoms with Crippen LogP contribution in [0.2, 0.25) is 5.02 Å². The van der Waals surface area contributed by atoms with Gasteiger partial charge in [0.05, 0.1) is 6.61 Å². The lowest BCUT2D eigenvalue weighted by atomic mass is 10.1. The van der Waals surface area contributed by atoms with Crippen LogP contribution in [-0.2, 0) is 21.3 Å². The van der Waals surface area contributed by atoms with Gasteiger partial charge in [-0.25, -0.2) is 17.5 Å². The Morgan fingerprint density at radius 1 is 1.50 bits per heavy atom. The summed E-state index contributed by atoms with van der Waals surface area (Å²) >= 11 is 5.81. The molecular formula is C12H16ClFN2O3S. The summed E-state index contributed by atoms with van der Waals surface area (Å²) in [6.07, 6.45) is 1.42. The Bertz CT molecular complexity index is 589. The van der Waals surface area contributed by atoms with Crippen molar-refractivity contribution in [3.05, 3.63) is 28.5 Å². The predicted molar refractivity (Wildman–Crippen MR) is 73.5 cm³/mol. The first-order valence-corrected chi connectivity index (χ1v) is 8.08. The molecule has 1 atom stereocenters. The van der Waals surface area contributed by atoms with Crippen molar-refractivity contribution < 1.29 is 17.5 Å². The van der Waals surface area contributed by atoms with E-state index in [-0.39, 0.29) is 29.8 Å². The van der Waals surface area contributed by atoms with Crippen molar-refractivity contribution in [2.75, 3.05) is 13.2 Å². The number of halogens is 2. The highest BCUT2D eigenvalue weighted by atomic mass is 35.5. The Morgan fingerprint density at radius 3 is 2.85 bits per heavy atom. The first-order chi connectivity index (χ1) is 9.44. The summed E-state index contributed by atoms with van der Waals surface area (Å²) in [5.74, 6) is -0.860. The molecule has 0 aromatic heterocycles. The van der Waals surface area contributed by atoms with Gasteiger partial charge in [0.2, 0.25) is 10.0 Å². The van der Waals surface area contributed by atoms with Crippen LogP contribution in [0.5, 0.6) is 0 Å². The van der Waals surface area contributed by atoms with E-state index in [9.17, 15) is 12.8 Å². The van der Waals surface area contributed by atoms with Gasteiger partial charge in [-0.15, -0.1) is 0 Å². The number of sulfonamides is 1. The maximum atomic E-state index is 14.1. The lowest BCUT2D eigenvalue weighted by Crippen LogP contribution is -2.40. The van der Waals surface area contributed by atoms with Crippen molar-refractivity contribution in [2.24, 2.45) is 5.73 Å². The Kier molecular flexibility index (Phi) is 4.98. The van der Waals surface area contributed by atoms with Crippen LogP contribution in [0.15, 0.2) is 17.0 Å². The summed E-state index contributed by atoms with van der Waals surface area (Å²) in [6.45, 7) is 0.772. The van der Waals surface area contributed by atoms with E-state index in [2.05, 4.69) is 4.72 Å². The van der Waals surface area contributed by atoms with Crippen LogP contribution >= 0.6 is 11.6 Å². The third-order valence-corrected chi connectivity index (χ3v) is 4.81. The largest absolute Gasteiger partial charge is 0.380 e. The van der Waals surface area contributed by atoms with E-state index >= 15 is 0 Å². The molecular weight excluding hydrogens is 307 g/mol. The van der Waals surface area contributed by atoms with Crippen molar-refractivity contribution in [3.8, 4) is 0 Å². The smallest absolute Gasteiger partial charge is 0.243 e. The molecule has 1 unspecified atom stereocenters. The van der Waals surface area contributed by atoms with Gasteiger partial charge in [0, 0.05) is 29.8 Å². The van der Waals surface area contributed by atoms with Gasteiger partial charge < -0.3 is 10.5 Å². The zero-order valence-electron chi connectivity index (χ0n) is 10.7. The van der Waals surface area contributed by atoms with Gasteiger partial charge in [-0.3, -0.25) is 0 Å². The molecule has 112 valence electrons. The molecule has 1 aromatic rings. The fourth-order valence-corrected chi connectivity index (χ4v) is 3.79. The van der Waals surface area contributed by atoms with Gasteiger partial charge in [0.1, 0.15) is 10.7 Å². The maximum absolute atomic E-state index is 14.1. The molecule has 5 nitrogen and oxygen atoms in total. The van der Waals surface area contributed by atoms with E-state index in [1.807, 2.05) is 0 Å². The third kappa shape index (κ3) is 3.48. The van der Waals surface area contributed by atoms with Crippen molar-refractivity contribution in [1.29, 1.82) is 0 Å². The summed E-state index contributed by atoms with van der Waals surface area (Å²) in [5.41, 5.74) is 5.45. The van der Waals surface area contributed by atoms with Crippen LogP contribution < -0.4 is 10.5 Å². The highest BCUT2D eigenvalue weighted by Crippen LogP contribution is 2.24. The Hall–Kier alpha value is -0.730. The second kappa shape index (κ2) is 6.36. The molecule has 1 aliphatic heterocycles. The number of nitrogens with two attached hydrogens (primary N) is 1. The number of rotatable bonds is 4. The molecule has 20 heavy (non-hydrogen) atoms. The van der Waals surface area contributed by atoms with Crippen molar-refractivity contribution in [2.45, 2.75) is 30.3 Å². The quantitative estimate of drug-likeness (QED) is 0.878. The highest BCUT2D eigenvalue weighted by Gasteiger charge is 2.26. The molecule has 1 fully saturated rings. The van der Waals surface area contributed by atoms with Crippen molar-refractivity contribution >= 4 is 21.6 Å². The molecule has 0 radical (unpaired) electrons. The van der Waals surface area contributed by atoms with Crippen LogP contribution in [0, 0.1) is 5.82 Å². The number of ether oxygens (including phenoxy) is 1. The SMILES string of the molecule is NCc1cc(Cl)cc(S(=O)(=O)NC2CCCOC2)c1F. The van der Waals surface area contributed by atoms with Gasteiger partial charge in [-0.2, -0.15) is 0 Å². The number of hydrogen-bond donors (Lipinski definition) is 2. The van der Waals surface area contributed by atoms with E-state index in [0.29, 0.717) is 13.0 Å². The van der Waals surface area contributed by atoms with Crippen molar-refractivity contribution in [1.82, 2.24) is 4.72 Å². The second-order valence-electron chi connectivity index (χ2n) is 4.62. The number of benzene rings is 1. The zero-order chi connectivity index (χ0) is 14.8. The van der Waals surface area contributed by atoms with E-state index in [4.69, 9.17) is 22.1 Å². The van der Waals surface area contributed by atoms with Crippen LogP contribution in [0.25, 0.3) is 0 Å². The molecule has 0 spiro atoms. The number of nitrogens with one attached hydrogen (secondary N) is 1. The third-order valence-electron chi connectivity index (χ3n) is 3.07. The van der Waals surface area contributed by atoms with E-state index < -0.39 is 20.7 Å². The standard InChI is InChI=1S/C12H16ClFN2O3S/c13-9-4-8(6-15)12(14)11(5-9)20(17,18)16-10-2-1-3-19-7-10/h4-5,10,16H,1-3,6-7,15H2. The predicted octanol–water partition coefficient (Wildman–Crippen LogP) is 1.40. The average molecular weight is 323 g/mol. The van der Waals surface area contributed by atoms with Gasteiger partial charge in [-0.05, 0) is 25.0 Å². The Labute approximate surface area is 122 Å². The van der Waals surface area contributed by atoms with E-state index in [1.165, 1.54) is 6.07 Å². The topological polar surface area (TPSA) is 81.4 Å². The maximum Gasteiger partial charge on any atom is 0.243 e. The van der Waals surface area contributed by atoms with Crippen molar-refractivity contribution in [3.63, 3.8) is 0 Å². The summed E-state index contributed by atoms with van der Waals surface area (Å²) in [4.78, 5) is -0.476. The molecule has 0 aliphatic carbocycles. The average Bonchev–Trinajstić information content (AvgIpc) is 2.41. The molecule has 1 saturated heterocycles. The van der Waals surface area contributed by atoms with Crippen LogP contribution in [0.4, 0.5) is 4.39 Å². The Balaban J connectivity index is 2.31. The molecule has 1 heterocycles. The fourth-order valence-electron chi connectivity index (χ4n) is 2.08. The molecule has 1 aliphatic rings. The van der Waals surface area contributed by atoms with Gasteiger partial charge in [-0.1, -0.05) is 11.6 Å². The van der Waals surface area contributed by atoms with Crippen LogP contribution in [0.3, 0.4) is 0 Å². The number of hydrogen-bond acceptors (Lipinski definition) is 4. The lowest BCUT2D eigenvalue weighted by Gasteiger charge is -2.23. The first kappa shape index (κ1) is 15.7. The monoisotopic (exact) mass is 322 g/mol. The zero-order valence-corrected chi connectivity index (χ0v) is 12.3. The molecule has 3 N–H and O–H groups in total. The van der Waals surface area contributed by atoms with Gasteiger partial charge >= 0.3 is 0 Å². The van der Waals surface area contributed by atoms with Gasteiger partial charge in [0.25, 0.3) is 0 Å². The molecule has 1 aromatic carbocycles. The lowest BCUT2D eigenvalue weighted by molar-refractivity contribution is 0.0774. The second-order valence-corrected chi connectivity index (χ2v) is 6.74. The summed E-state index contributed by atoms with van der Waals surface area (Å²) in [5, 5.41) is 0.132. The fraction of sp³-hybridized carbons (Fsp3) is 0.500. The molecule has 0 bridgehead atoms. The molecule has 2 rings (SSSR count). The van der Waals surface area contributed by atoms with E-state index in [0.717, 1.165) is 12.5 Å². The molecule has 0 saturated carbocycles. The highest BCUT2D eigenvalue weighted by molar-refractivity contribution is 7.89. The Morgan fingerprint density at radius 2 is 2.25 bits per heavy atom. The molecule has 0 amide bonds. The van der Waals surface area contributed by atoms with E-state index in [1.54, 1.807) is 0 Å². The summed E-state index contributed by atoms with van der Waals surface area (Å²) in [7, 11) is -3.99. The normalized spacial score (nSPS) is 20.1. The molecule has 8 heteroatoms. The minimum Gasteiger partial charge on any atom is -0.380 e. The van der Waals surface area contributed by atoms with Crippen LogP contribution in [0.1, 0.15) is 18.4 Å². The van der Waals surface area contributed by atoms with Crippen LogP contribution in [-0.4, -0.2) is 27.7 Å². The minimum atomic E-state index is -3.99. The summed E-state index contributed by atoms with van der Waals surface area (Å²) < 4.78 is 46.2. The summed E-state index contributed by atoms with van der Waals surface area (Å²) in [6, 6.07) is 2.05. The first-order valence-electron chi connectivity index (χ1n) is 6.22. The van der Waals surface area contributed by atoms with Gasteiger partial charge in [0.15, 0.2) is 0 Å². The minimum absolute atomic E-state index is 0.0674.